The van der Waals surface area contributed by atoms with Gasteiger partial charge < -0.3 is 4.90 Å². The molecule has 2 aromatic carbocycles. The number of rotatable bonds is 12. The van der Waals surface area contributed by atoms with E-state index in [1.807, 2.05) is 20.8 Å². The molecule has 0 aliphatic carbocycles. The van der Waals surface area contributed by atoms with Gasteiger partial charge in [0.1, 0.15) is 11.6 Å². The van der Waals surface area contributed by atoms with Crippen LogP contribution in [0.3, 0.4) is 0 Å². The Bertz CT molecular complexity index is 991. The zero-order chi connectivity index (χ0) is 26.3. The van der Waals surface area contributed by atoms with Crippen LogP contribution in [-0.2, 0) is 14.4 Å². The van der Waals surface area contributed by atoms with Crippen molar-refractivity contribution in [3.63, 3.8) is 0 Å². The van der Waals surface area contributed by atoms with Crippen LogP contribution in [0.4, 0.5) is 8.78 Å². The number of amides is 1. The summed E-state index contributed by atoms with van der Waals surface area (Å²) in [6.07, 6.45) is 4.56. The Morgan fingerprint density at radius 1 is 0.889 bits per heavy atom. The lowest BCUT2D eigenvalue weighted by Crippen LogP contribution is -2.48. The summed E-state index contributed by atoms with van der Waals surface area (Å²) < 4.78 is 27.0. The van der Waals surface area contributed by atoms with Crippen LogP contribution < -0.4 is 0 Å². The monoisotopic (exact) mass is 497 g/mol. The summed E-state index contributed by atoms with van der Waals surface area (Å²) in [4.78, 5) is 41.0. The van der Waals surface area contributed by atoms with Crippen LogP contribution in [0.2, 0.25) is 0 Å². The third kappa shape index (κ3) is 6.08. The molecular formula is C30H37F2NO3. The highest BCUT2D eigenvalue weighted by Gasteiger charge is 2.43. The van der Waals surface area contributed by atoms with E-state index in [9.17, 15) is 23.2 Å². The van der Waals surface area contributed by atoms with Crippen LogP contribution >= 0.6 is 0 Å². The molecule has 0 aromatic heterocycles. The predicted molar refractivity (Wildman–Crippen MR) is 137 cm³/mol. The van der Waals surface area contributed by atoms with Crippen molar-refractivity contribution in [1.82, 2.24) is 4.90 Å². The molecule has 0 radical (unpaired) electrons. The van der Waals surface area contributed by atoms with Gasteiger partial charge >= 0.3 is 0 Å². The van der Waals surface area contributed by atoms with Gasteiger partial charge in [0.05, 0.1) is 6.04 Å². The molecule has 6 heteroatoms. The first-order valence-electron chi connectivity index (χ1n) is 13.1. The molecule has 0 spiro atoms. The third-order valence-corrected chi connectivity index (χ3v) is 8.05. The molecule has 0 N–H and O–H groups in total. The molecule has 4 nitrogen and oxygen atoms in total. The van der Waals surface area contributed by atoms with Gasteiger partial charge in [0.25, 0.3) is 5.91 Å². The van der Waals surface area contributed by atoms with E-state index in [1.165, 1.54) is 29.2 Å². The molecule has 1 atom stereocenters. The van der Waals surface area contributed by atoms with Crippen LogP contribution in [0.1, 0.15) is 89.2 Å². The van der Waals surface area contributed by atoms with Crippen molar-refractivity contribution in [2.45, 2.75) is 84.1 Å². The molecule has 1 aliphatic heterocycles. The van der Waals surface area contributed by atoms with Gasteiger partial charge in [-0.15, -0.1) is 0 Å². The highest BCUT2D eigenvalue weighted by atomic mass is 19.1. The van der Waals surface area contributed by atoms with E-state index >= 15 is 0 Å². The number of likely N-dealkylation sites (tertiary alicyclic amines) is 1. The van der Waals surface area contributed by atoms with E-state index in [-0.39, 0.29) is 35.5 Å². The quantitative estimate of drug-likeness (QED) is 0.310. The lowest BCUT2D eigenvalue weighted by Gasteiger charge is -2.31. The topological polar surface area (TPSA) is 54.5 Å². The number of carbonyl (C=O) groups is 3. The maximum absolute atomic E-state index is 13.5. The van der Waals surface area contributed by atoms with Crippen LogP contribution in [0.5, 0.6) is 0 Å². The van der Waals surface area contributed by atoms with Crippen LogP contribution in [-0.4, -0.2) is 35.0 Å². The van der Waals surface area contributed by atoms with Gasteiger partial charge in [0.15, 0.2) is 5.78 Å². The zero-order valence-electron chi connectivity index (χ0n) is 21.6. The molecule has 2 aromatic rings. The largest absolute Gasteiger partial charge is 0.326 e. The molecule has 1 unspecified atom stereocenters. The van der Waals surface area contributed by atoms with Crippen LogP contribution in [0, 0.1) is 17.0 Å². The first-order chi connectivity index (χ1) is 17.3. The molecule has 36 heavy (non-hydrogen) atoms. The second kappa shape index (κ2) is 12.4. The fourth-order valence-corrected chi connectivity index (χ4v) is 5.50. The standard InChI is InChI=1S/C30H37F2NO3/c1-4-30(5-2,6-3)28(35)29(36)33-20-8-10-26(33)27(34)11-7-9-25(21-12-16-23(31)17-13-21)22-14-18-24(32)19-15-22/h12-19,25-26H,4-11,20H2,1-3H3. The first-order valence-corrected chi connectivity index (χ1v) is 13.1. The Labute approximate surface area is 213 Å². The molecule has 0 saturated carbocycles. The Kier molecular flexibility index (Phi) is 9.52. The van der Waals surface area contributed by atoms with Crippen LogP contribution in [0.15, 0.2) is 48.5 Å². The summed E-state index contributed by atoms with van der Waals surface area (Å²) in [6.45, 7) is 6.23. The maximum atomic E-state index is 13.5. The number of halogens is 2. The van der Waals surface area contributed by atoms with Gasteiger partial charge in [-0.3, -0.25) is 14.4 Å². The van der Waals surface area contributed by atoms with Crippen molar-refractivity contribution < 1.29 is 23.2 Å². The third-order valence-electron chi connectivity index (χ3n) is 8.05. The van der Waals surface area contributed by atoms with E-state index in [4.69, 9.17) is 0 Å². The fourth-order valence-electron chi connectivity index (χ4n) is 5.50. The minimum absolute atomic E-state index is 0.0271. The second-order valence-corrected chi connectivity index (χ2v) is 9.84. The smallest absolute Gasteiger partial charge is 0.291 e. The summed E-state index contributed by atoms with van der Waals surface area (Å²) in [6, 6.07) is 11.9. The molecule has 3 rings (SSSR count). The van der Waals surface area contributed by atoms with E-state index in [0.29, 0.717) is 51.5 Å². The number of nitrogens with zero attached hydrogens (tertiary/aromatic N) is 1. The minimum Gasteiger partial charge on any atom is -0.326 e. The van der Waals surface area contributed by atoms with Gasteiger partial charge in [-0.2, -0.15) is 0 Å². The van der Waals surface area contributed by atoms with Crippen molar-refractivity contribution in [2.24, 2.45) is 5.41 Å². The number of benzene rings is 2. The number of hydrogen-bond acceptors (Lipinski definition) is 3. The van der Waals surface area contributed by atoms with Crippen molar-refractivity contribution >= 4 is 17.5 Å². The lowest BCUT2D eigenvalue weighted by atomic mass is 9.75. The summed E-state index contributed by atoms with van der Waals surface area (Å²) in [7, 11) is 0. The van der Waals surface area contributed by atoms with Crippen molar-refractivity contribution in [1.29, 1.82) is 0 Å². The number of Topliss-reactive ketones (excluding diaryl/α,β-unsaturated/α-hetero) is 2. The Balaban J connectivity index is 1.68. The van der Waals surface area contributed by atoms with Crippen LogP contribution in [0.25, 0.3) is 0 Å². The lowest BCUT2D eigenvalue weighted by molar-refractivity contribution is -0.152. The van der Waals surface area contributed by atoms with E-state index in [0.717, 1.165) is 11.1 Å². The number of hydrogen-bond donors (Lipinski definition) is 0. The van der Waals surface area contributed by atoms with Crippen molar-refractivity contribution in [3.05, 3.63) is 71.3 Å². The highest BCUT2D eigenvalue weighted by molar-refractivity contribution is 6.38. The summed E-state index contributed by atoms with van der Waals surface area (Å²) in [5.74, 6) is -1.69. The second-order valence-electron chi connectivity index (χ2n) is 9.84. The first kappa shape index (κ1) is 27.7. The highest BCUT2D eigenvalue weighted by Crippen LogP contribution is 2.34. The van der Waals surface area contributed by atoms with Gasteiger partial charge in [-0.1, -0.05) is 45.0 Å². The zero-order valence-corrected chi connectivity index (χ0v) is 21.6. The minimum atomic E-state index is -0.662. The fraction of sp³-hybridized carbons (Fsp3) is 0.500. The number of ketones is 2. The SMILES string of the molecule is CCC(CC)(CC)C(=O)C(=O)N1CCCC1C(=O)CCCC(c1ccc(F)cc1)c1ccc(F)cc1. The Hall–Kier alpha value is -2.89. The molecule has 194 valence electrons. The number of carbonyl (C=O) groups excluding carboxylic acids is 3. The Morgan fingerprint density at radius 3 is 1.86 bits per heavy atom. The molecule has 1 aliphatic rings. The molecule has 1 fully saturated rings. The van der Waals surface area contributed by atoms with Gasteiger partial charge in [-0.05, 0) is 80.3 Å². The Morgan fingerprint density at radius 2 is 1.39 bits per heavy atom. The summed E-state index contributed by atoms with van der Waals surface area (Å²) in [5, 5.41) is 0. The normalized spacial score (nSPS) is 15.9. The maximum Gasteiger partial charge on any atom is 0.291 e. The van der Waals surface area contributed by atoms with Crippen molar-refractivity contribution in [3.8, 4) is 0 Å². The van der Waals surface area contributed by atoms with Gasteiger partial charge in [0, 0.05) is 24.3 Å². The molecular weight excluding hydrogens is 460 g/mol. The molecule has 1 amide bonds. The summed E-state index contributed by atoms with van der Waals surface area (Å²) in [5.41, 5.74) is 1.13. The molecule has 0 bridgehead atoms. The van der Waals surface area contributed by atoms with E-state index in [2.05, 4.69) is 0 Å². The predicted octanol–water partition coefficient (Wildman–Crippen LogP) is 6.61. The van der Waals surface area contributed by atoms with E-state index < -0.39 is 17.4 Å². The molecule has 1 heterocycles. The van der Waals surface area contributed by atoms with Crippen molar-refractivity contribution in [2.75, 3.05) is 6.54 Å². The molecule has 1 saturated heterocycles. The summed E-state index contributed by atoms with van der Waals surface area (Å²) >= 11 is 0. The van der Waals surface area contributed by atoms with Gasteiger partial charge in [-0.25, -0.2) is 8.78 Å². The van der Waals surface area contributed by atoms with E-state index in [1.54, 1.807) is 24.3 Å². The van der Waals surface area contributed by atoms with Gasteiger partial charge in [0.2, 0.25) is 5.78 Å². The average molecular weight is 498 g/mol. The average Bonchev–Trinajstić information content (AvgIpc) is 3.39.